The van der Waals surface area contributed by atoms with E-state index in [-0.39, 0.29) is 108 Å². The summed E-state index contributed by atoms with van der Waals surface area (Å²) in [6.45, 7) is 24.3. The highest BCUT2D eigenvalue weighted by Gasteiger charge is 2.36. The minimum absolute atomic E-state index is 0.0300. The standard InChI is InChI=1S/C14H26N2O2.C12H22N2O3.C11H21N3O2.C10H19N3O2.C10H18N2O2/c1-11(2)7-5-3-4-6-8-16-10-12(14(15)18)9-13(16)17;1-2-3-6-17-7-4-5-14-9-10(12(13)16)8-11(14)15;1-3-13(4-2)5-6-14-8-9(11(12)16)7-10(14)15;1-12(2)4-3-5-13-7-8(10(11)15)6-9(13)14;1-2-3-4-5-12-7-8(10(11)14)6-9(12)13/h11-12H,3-10H2,1-2H3,(H2,15,18);10H,2-9H2,1H3,(H2,13,16);9H,3-8H2,1-2H3,(H2,12,16);8H,3-7H2,1-2H3,(H2,11,15);8H,2-7H2,1H3,(H2,11,14). The van der Waals surface area contributed by atoms with Gasteiger partial charge in [0.05, 0.1) is 29.6 Å². The summed E-state index contributed by atoms with van der Waals surface area (Å²) in [7, 11) is 4.00. The molecule has 5 fully saturated rings. The Morgan fingerprint density at radius 3 is 1.06 bits per heavy atom. The van der Waals surface area contributed by atoms with Crippen LogP contribution < -0.4 is 28.7 Å². The first-order chi connectivity index (χ1) is 37.9. The van der Waals surface area contributed by atoms with Crippen LogP contribution in [0.4, 0.5) is 0 Å². The summed E-state index contributed by atoms with van der Waals surface area (Å²) in [5, 5.41) is 0. The predicted molar refractivity (Wildman–Crippen MR) is 308 cm³/mol. The number of primary amides is 5. The molecule has 0 aliphatic carbocycles. The fraction of sp³-hybridized carbons (Fsp3) is 0.825. The van der Waals surface area contributed by atoms with Crippen molar-refractivity contribution >= 4 is 59.1 Å². The molecular weight excluding hydrogens is 1030 g/mol. The third kappa shape index (κ3) is 29.9. The number of amides is 10. The van der Waals surface area contributed by atoms with Gasteiger partial charge in [0, 0.05) is 117 Å². The topological polar surface area (TPSA) is 333 Å². The summed E-state index contributed by atoms with van der Waals surface area (Å²) >= 11 is 0. The van der Waals surface area contributed by atoms with Crippen LogP contribution in [0.15, 0.2) is 0 Å². The molecule has 5 atom stereocenters. The molecule has 5 unspecified atom stereocenters. The van der Waals surface area contributed by atoms with Crippen molar-refractivity contribution in [2.24, 2.45) is 64.2 Å². The lowest BCUT2D eigenvalue weighted by Gasteiger charge is -2.22. The number of ether oxygens (including phenoxy) is 1. The molecule has 10 N–H and O–H groups in total. The fourth-order valence-corrected chi connectivity index (χ4v) is 9.74. The maximum absolute atomic E-state index is 11.6. The Balaban J connectivity index is 0.000000501. The Hall–Kier alpha value is -5.42. The SMILES string of the molecule is CC(C)CCCCCCN1CC(C(N)=O)CC1=O.CCCCCN1CC(C(N)=O)CC1=O.CCCCOCCCN1CC(C(N)=O)CC1=O.CCN(CC)CCN1CC(C(N)=O)CC1=O.CN(C)CCCN1CC(C(N)=O)CC1=O. The van der Waals surface area contributed by atoms with Crippen LogP contribution in [0.1, 0.15) is 151 Å². The second-order valence-electron chi connectivity index (χ2n) is 22.5. The first kappa shape index (κ1) is 72.6. The van der Waals surface area contributed by atoms with Gasteiger partial charge in [0.1, 0.15) is 0 Å². The summed E-state index contributed by atoms with van der Waals surface area (Å²) in [5.41, 5.74) is 26.0. The molecule has 0 radical (unpaired) electrons. The lowest BCUT2D eigenvalue weighted by molar-refractivity contribution is -0.129. The normalized spacial score (nSPS) is 20.7. The summed E-state index contributed by atoms with van der Waals surface area (Å²) in [6, 6.07) is 0. The van der Waals surface area contributed by atoms with Crippen molar-refractivity contribution in [3.05, 3.63) is 0 Å². The number of carbonyl (C=O) groups excluding carboxylic acids is 10. The van der Waals surface area contributed by atoms with Gasteiger partial charge >= 0.3 is 0 Å². The summed E-state index contributed by atoms with van der Waals surface area (Å²) in [5.74, 6) is -2.12. The molecule has 0 aromatic heterocycles. The third-order valence-corrected chi connectivity index (χ3v) is 15.0. The van der Waals surface area contributed by atoms with E-state index < -0.39 is 0 Å². The first-order valence-corrected chi connectivity index (χ1v) is 29.7. The smallest absolute Gasteiger partial charge is 0.223 e. The molecule has 0 bridgehead atoms. The van der Waals surface area contributed by atoms with Crippen LogP contribution in [0.5, 0.6) is 0 Å². The minimum Gasteiger partial charge on any atom is -0.381 e. The number of likely N-dealkylation sites (tertiary alicyclic amines) is 5. The van der Waals surface area contributed by atoms with E-state index in [4.69, 9.17) is 33.4 Å². The number of rotatable bonds is 32. The highest BCUT2D eigenvalue weighted by Crippen LogP contribution is 2.22. The number of nitrogens with zero attached hydrogens (tertiary/aromatic N) is 7. The molecule has 0 saturated carbocycles. The molecule has 5 aliphatic rings. The highest BCUT2D eigenvalue weighted by molar-refractivity contribution is 5.91. The van der Waals surface area contributed by atoms with Crippen LogP contribution in [-0.2, 0) is 52.7 Å². The molecule has 5 rings (SSSR count). The Bertz CT molecular complexity index is 1920. The van der Waals surface area contributed by atoms with E-state index >= 15 is 0 Å². The number of likely N-dealkylation sites (N-methyl/N-ethyl adjacent to an activating group) is 1. The molecule has 5 aliphatic heterocycles. The summed E-state index contributed by atoms with van der Waals surface area (Å²) in [6.07, 6.45) is 14.7. The molecule has 5 heterocycles. The molecule has 0 spiro atoms. The Morgan fingerprint density at radius 2 is 0.750 bits per heavy atom. The molecule has 460 valence electrons. The number of hydrogen-bond donors (Lipinski definition) is 5. The van der Waals surface area contributed by atoms with Crippen LogP contribution in [0.2, 0.25) is 0 Å². The molecule has 23 heteroatoms. The van der Waals surface area contributed by atoms with Gasteiger partial charge in [0.15, 0.2) is 0 Å². The molecule has 80 heavy (non-hydrogen) atoms. The van der Waals surface area contributed by atoms with Crippen LogP contribution in [0.3, 0.4) is 0 Å². The second kappa shape index (κ2) is 40.7. The van der Waals surface area contributed by atoms with Gasteiger partial charge in [0.25, 0.3) is 0 Å². The van der Waals surface area contributed by atoms with E-state index in [1.54, 1.807) is 24.5 Å². The largest absolute Gasteiger partial charge is 0.381 e. The van der Waals surface area contributed by atoms with E-state index in [0.29, 0.717) is 65.3 Å². The van der Waals surface area contributed by atoms with Crippen molar-refractivity contribution in [3.8, 4) is 0 Å². The molecule has 23 nitrogen and oxygen atoms in total. The van der Waals surface area contributed by atoms with E-state index in [1.165, 1.54) is 19.3 Å². The Morgan fingerprint density at radius 1 is 0.438 bits per heavy atom. The predicted octanol–water partition coefficient (Wildman–Crippen LogP) is 1.90. The van der Waals surface area contributed by atoms with Gasteiger partial charge in [-0.3, -0.25) is 47.9 Å². The van der Waals surface area contributed by atoms with Gasteiger partial charge in [-0.2, -0.15) is 0 Å². The third-order valence-electron chi connectivity index (χ3n) is 15.0. The van der Waals surface area contributed by atoms with Crippen LogP contribution in [0.25, 0.3) is 0 Å². The second-order valence-corrected chi connectivity index (χ2v) is 22.5. The Kier molecular flexibility index (Phi) is 36.9. The lowest BCUT2D eigenvalue weighted by atomic mass is 10.0. The van der Waals surface area contributed by atoms with Crippen LogP contribution in [0, 0.1) is 35.5 Å². The number of carbonyl (C=O) groups is 10. The molecule has 10 amide bonds. The van der Waals surface area contributed by atoms with E-state index in [0.717, 1.165) is 116 Å². The minimum atomic E-state index is -0.375. The number of unbranched alkanes of at least 4 members (excludes halogenated alkanes) is 6. The van der Waals surface area contributed by atoms with Gasteiger partial charge in [-0.25, -0.2) is 0 Å². The van der Waals surface area contributed by atoms with Crippen molar-refractivity contribution in [2.75, 3.05) is 119 Å². The average Bonchev–Trinajstić information content (AvgIpc) is 4.24. The van der Waals surface area contributed by atoms with Crippen molar-refractivity contribution in [1.82, 2.24) is 34.3 Å². The van der Waals surface area contributed by atoms with Crippen molar-refractivity contribution < 1.29 is 52.7 Å². The average molecular weight is 1140 g/mol. The summed E-state index contributed by atoms with van der Waals surface area (Å²) < 4.78 is 5.41. The maximum atomic E-state index is 11.6. The van der Waals surface area contributed by atoms with Gasteiger partial charge in [-0.05, 0) is 71.8 Å². The van der Waals surface area contributed by atoms with Crippen molar-refractivity contribution in [2.45, 2.75) is 151 Å². The van der Waals surface area contributed by atoms with Gasteiger partial charge in [-0.1, -0.05) is 86.5 Å². The number of hydrogen-bond acceptors (Lipinski definition) is 13. The van der Waals surface area contributed by atoms with Gasteiger partial charge in [0.2, 0.25) is 59.1 Å². The van der Waals surface area contributed by atoms with E-state index in [9.17, 15) is 47.9 Å². The lowest BCUT2D eigenvalue weighted by Crippen LogP contribution is -2.36. The highest BCUT2D eigenvalue weighted by atomic mass is 16.5. The van der Waals surface area contributed by atoms with E-state index in [2.05, 4.69) is 51.3 Å². The maximum Gasteiger partial charge on any atom is 0.223 e. The quantitative estimate of drug-likeness (QED) is 0.0602. The monoisotopic (exact) mass is 1130 g/mol. The van der Waals surface area contributed by atoms with E-state index in [1.807, 2.05) is 14.1 Å². The first-order valence-electron chi connectivity index (χ1n) is 29.7. The van der Waals surface area contributed by atoms with Crippen LogP contribution >= 0.6 is 0 Å². The molecular formula is C57H106N12O11. The van der Waals surface area contributed by atoms with Crippen LogP contribution in [-0.4, -0.2) is 212 Å². The Labute approximate surface area is 478 Å². The molecule has 0 aromatic carbocycles. The number of nitrogens with two attached hydrogens (primary N) is 5. The zero-order valence-electron chi connectivity index (χ0n) is 50.3. The van der Waals surface area contributed by atoms with Crippen molar-refractivity contribution in [3.63, 3.8) is 0 Å². The molecule has 5 saturated heterocycles. The van der Waals surface area contributed by atoms with Crippen molar-refractivity contribution in [1.29, 1.82) is 0 Å². The molecule has 0 aromatic rings. The zero-order chi connectivity index (χ0) is 60.3. The van der Waals surface area contributed by atoms with Gasteiger partial charge < -0.3 is 67.7 Å². The fourth-order valence-electron chi connectivity index (χ4n) is 9.74. The zero-order valence-corrected chi connectivity index (χ0v) is 50.3. The van der Waals surface area contributed by atoms with Gasteiger partial charge in [-0.15, -0.1) is 0 Å². The summed E-state index contributed by atoms with van der Waals surface area (Å²) in [4.78, 5) is 125.